The van der Waals surface area contributed by atoms with Crippen LogP contribution >= 0.6 is 11.8 Å². The summed E-state index contributed by atoms with van der Waals surface area (Å²) in [7, 11) is 1.63. The predicted molar refractivity (Wildman–Crippen MR) is 181 cm³/mol. The summed E-state index contributed by atoms with van der Waals surface area (Å²) in [4.78, 5) is 32.1. The van der Waals surface area contributed by atoms with Gasteiger partial charge in [-0.3, -0.25) is 9.59 Å². The van der Waals surface area contributed by atoms with Crippen LogP contribution in [0.4, 0.5) is 0 Å². The SMILES string of the molecule is C=C/C=C(\C=C)C1(C(=O)NC2CCCCCC2)Cn2c(/C=C(/CC)SC)ccc2C(=O)N1Cc1ccc(OC)cc1.CC. The van der Waals surface area contributed by atoms with E-state index in [0.717, 1.165) is 49.1 Å². The first-order valence-corrected chi connectivity index (χ1v) is 16.8. The monoisotopic (exact) mass is 603 g/mol. The molecule has 4 rings (SSSR count). The van der Waals surface area contributed by atoms with Gasteiger partial charge < -0.3 is 19.5 Å². The van der Waals surface area contributed by atoms with E-state index in [2.05, 4.69) is 37.7 Å². The van der Waals surface area contributed by atoms with Crippen molar-refractivity contribution >= 4 is 29.7 Å². The van der Waals surface area contributed by atoms with Gasteiger partial charge in [-0.25, -0.2) is 0 Å². The quantitative estimate of drug-likeness (QED) is 0.208. The number of fused-ring (bicyclic) bond motifs is 1. The van der Waals surface area contributed by atoms with Crippen molar-refractivity contribution in [2.24, 2.45) is 0 Å². The van der Waals surface area contributed by atoms with Crippen LogP contribution in [0.15, 0.2) is 78.3 Å². The molecule has 2 aliphatic rings. The number of aromatic nitrogens is 1. The number of nitrogens with zero attached hydrogens (tertiary/aromatic N) is 2. The summed E-state index contributed by atoms with van der Waals surface area (Å²) in [5.41, 5.74) is 1.72. The number of hydrogen-bond donors (Lipinski definition) is 1. The summed E-state index contributed by atoms with van der Waals surface area (Å²) >= 11 is 1.70. The van der Waals surface area contributed by atoms with Crippen LogP contribution in [-0.4, -0.2) is 46.2 Å². The molecule has 232 valence electrons. The maximum Gasteiger partial charge on any atom is 0.272 e. The van der Waals surface area contributed by atoms with Crippen LogP contribution in [-0.2, 0) is 17.9 Å². The van der Waals surface area contributed by atoms with Gasteiger partial charge in [0.2, 0.25) is 0 Å². The molecule has 1 unspecified atom stereocenters. The van der Waals surface area contributed by atoms with Crippen molar-refractivity contribution < 1.29 is 14.3 Å². The highest BCUT2D eigenvalue weighted by Gasteiger charge is 2.53. The first kappa shape index (κ1) is 34.0. The molecule has 1 N–H and O–H groups in total. The van der Waals surface area contributed by atoms with Gasteiger partial charge in [0.05, 0.1) is 13.7 Å². The van der Waals surface area contributed by atoms with Gasteiger partial charge in [0.25, 0.3) is 11.8 Å². The Morgan fingerprint density at radius 1 is 1.09 bits per heavy atom. The number of amides is 2. The molecule has 43 heavy (non-hydrogen) atoms. The number of allylic oxidation sites excluding steroid dienone is 3. The lowest BCUT2D eigenvalue weighted by Gasteiger charge is -2.47. The Kier molecular flexibility index (Phi) is 13.0. The highest BCUT2D eigenvalue weighted by molar-refractivity contribution is 8.02. The Labute approximate surface area is 263 Å². The molecule has 1 atom stereocenters. The molecule has 1 aromatic carbocycles. The van der Waals surface area contributed by atoms with Crippen molar-refractivity contribution in [3.05, 3.63) is 95.2 Å². The van der Waals surface area contributed by atoms with E-state index in [9.17, 15) is 9.59 Å². The van der Waals surface area contributed by atoms with Crippen molar-refractivity contribution in [1.29, 1.82) is 0 Å². The average molecular weight is 604 g/mol. The van der Waals surface area contributed by atoms with E-state index in [-0.39, 0.29) is 30.9 Å². The summed E-state index contributed by atoms with van der Waals surface area (Å²) < 4.78 is 7.36. The Morgan fingerprint density at radius 2 is 1.77 bits per heavy atom. The standard InChI is InChI=1S/C34H43N3O3S.C2H6/c1-6-13-26(7-2)34(33(39)35-27-14-11-9-10-12-15-27)24-36-28(22-30(8-3)41-5)18-21-31(36)32(38)37(34)23-25-16-19-29(40-4)20-17-25;1-2/h6-7,13,16-22,27H,1-2,8-12,14-15,23-24H2,3-5H3,(H,35,39);1-2H3/b26-13+,30-22-;. The first-order chi connectivity index (χ1) is 20.9. The number of rotatable bonds is 11. The number of nitrogens with one attached hydrogen (secondary N) is 1. The number of ether oxygens (including phenoxy) is 1. The van der Waals surface area contributed by atoms with Gasteiger partial charge in [0.1, 0.15) is 11.4 Å². The lowest BCUT2D eigenvalue weighted by atomic mass is 9.82. The second kappa shape index (κ2) is 16.4. The predicted octanol–water partition coefficient (Wildman–Crippen LogP) is 8.17. The van der Waals surface area contributed by atoms with Gasteiger partial charge in [-0.2, -0.15) is 0 Å². The molecule has 0 bridgehead atoms. The zero-order valence-electron chi connectivity index (χ0n) is 26.7. The minimum atomic E-state index is -1.32. The minimum absolute atomic E-state index is 0.0724. The van der Waals surface area contributed by atoms with Crippen molar-refractivity contribution in [3.8, 4) is 5.75 Å². The third-order valence-corrected chi connectivity index (χ3v) is 9.24. The molecule has 6 nitrogen and oxygen atoms in total. The smallest absolute Gasteiger partial charge is 0.272 e. The van der Waals surface area contributed by atoms with Crippen LogP contribution in [0, 0.1) is 0 Å². The Hall–Kier alpha value is -3.45. The second-order valence-corrected chi connectivity index (χ2v) is 11.7. The maximum atomic E-state index is 14.7. The fourth-order valence-electron chi connectivity index (χ4n) is 5.99. The van der Waals surface area contributed by atoms with Gasteiger partial charge in [-0.05, 0) is 71.9 Å². The largest absolute Gasteiger partial charge is 0.497 e. The number of carbonyl (C=O) groups excluding carboxylic acids is 2. The van der Waals surface area contributed by atoms with Crippen LogP contribution < -0.4 is 10.1 Å². The molecule has 2 heterocycles. The molecule has 1 fully saturated rings. The zero-order chi connectivity index (χ0) is 31.4. The summed E-state index contributed by atoms with van der Waals surface area (Å²) in [6.45, 7) is 14.7. The van der Waals surface area contributed by atoms with Gasteiger partial charge in [0, 0.05) is 18.3 Å². The third-order valence-electron chi connectivity index (χ3n) is 8.31. The van der Waals surface area contributed by atoms with E-state index in [1.165, 1.54) is 17.7 Å². The van der Waals surface area contributed by atoms with E-state index in [1.807, 2.05) is 60.9 Å². The van der Waals surface area contributed by atoms with Gasteiger partial charge in [-0.15, -0.1) is 11.8 Å². The van der Waals surface area contributed by atoms with Crippen LogP contribution in [0.25, 0.3) is 6.08 Å². The van der Waals surface area contributed by atoms with E-state index in [4.69, 9.17) is 4.74 Å². The molecule has 2 aromatic rings. The molecular weight excluding hydrogens is 554 g/mol. The fraction of sp³-hybridized carbons (Fsp3) is 0.444. The summed E-state index contributed by atoms with van der Waals surface area (Å²) in [6, 6.07) is 11.6. The molecule has 0 radical (unpaired) electrons. The van der Waals surface area contributed by atoms with Crippen molar-refractivity contribution in [2.75, 3.05) is 13.4 Å². The second-order valence-electron chi connectivity index (χ2n) is 10.7. The molecule has 1 saturated carbocycles. The number of benzene rings is 1. The molecule has 2 amide bonds. The molecule has 1 aromatic heterocycles. The minimum Gasteiger partial charge on any atom is -0.497 e. The molecule has 7 heteroatoms. The van der Waals surface area contributed by atoms with E-state index >= 15 is 0 Å². The van der Waals surface area contributed by atoms with Crippen molar-refractivity contribution in [1.82, 2.24) is 14.8 Å². The Bertz CT molecular complexity index is 1310. The average Bonchev–Trinajstić information content (AvgIpc) is 3.25. The molecule has 0 spiro atoms. The zero-order valence-corrected chi connectivity index (χ0v) is 27.5. The number of methoxy groups -OCH3 is 1. The van der Waals surface area contributed by atoms with Crippen molar-refractivity contribution in [3.63, 3.8) is 0 Å². The third kappa shape index (κ3) is 7.56. The number of thioether (sulfide) groups is 1. The molecule has 0 saturated heterocycles. The van der Waals surface area contributed by atoms with E-state index in [1.54, 1.807) is 35.9 Å². The lowest BCUT2D eigenvalue weighted by Crippen LogP contribution is -2.67. The first-order valence-electron chi connectivity index (χ1n) is 15.6. The van der Waals surface area contributed by atoms with Crippen molar-refractivity contribution in [2.45, 2.75) is 90.4 Å². The Balaban J connectivity index is 0.00000248. The maximum absolute atomic E-state index is 14.7. The highest BCUT2D eigenvalue weighted by Crippen LogP contribution is 2.38. The molecule has 1 aliphatic carbocycles. The van der Waals surface area contributed by atoms with Gasteiger partial charge >= 0.3 is 0 Å². The van der Waals surface area contributed by atoms with Crippen LogP contribution in [0.1, 0.15) is 87.5 Å². The summed E-state index contributed by atoms with van der Waals surface area (Å²) in [6.07, 6.45) is 16.7. The van der Waals surface area contributed by atoms with Crippen LogP contribution in [0.3, 0.4) is 0 Å². The number of hydrogen-bond acceptors (Lipinski definition) is 4. The van der Waals surface area contributed by atoms with Crippen LogP contribution in [0.2, 0.25) is 0 Å². The van der Waals surface area contributed by atoms with E-state index < -0.39 is 5.54 Å². The normalized spacial score (nSPS) is 19.5. The summed E-state index contributed by atoms with van der Waals surface area (Å²) in [5.74, 6) is 0.371. The fourth-order valence-corrected chi connectivity index (χ4v) is 6.52. The molecule has 1 aliphatic heterocycles. The summed E-state index contributed by atoms with van der Waals surface area (Å²) in [5, 5.41) is 3.39. The van der Waals surface area contributed by atoms with E-state index in [0.29, 0.717) is 11.3 Å². The highest BCUT2D eigenvalue weighted by atomic mass is 32.2. The van der Waals surface area contributed by atoms with Crippen LogP contribution in [0.5, 0.6) is 5.75 Å². The molecular formula is C36H49N3O3S. The van der Waals surface area contributed by atoms with Gasteiger partial charge in [0.15, 0.2) is 5.54 Å². The topological polar surface area (TPSA) is 63.6 Å². The Morgan fingerprint density at radius 3 is 2.33 bits per heavy atom. The number of carbonyl (C=O) groups is 2. The lowest BCUT2D eigenvalue weighted by molar-refractivity contribution is -0.132. The van der Waals surface area contributed by atoms with Gasteiger partial charge in [-0.1, -0.05) is 90.0 Å².